The number of nitrogens with two attached hydrogens (primary N) is 1. The number of aromatic nitrogens is 2. The highest BCUT2D eigenvalue weighted by molar-refractivity contribution is 7.80. The largest absolute Gasteiger partial charge is 0.389 e. The lowest BCUT2D eigenvalue weighted by Gasteiger charge is -2.18. The van der Waals surface area contributed by atoms with Crippen molar-refractivity contribution in [3.8, 4) is 0 Å². The van der Waals surface area contributed by atoms with E-state index in [0.717, 1.165) is 24.1 Å². The Kier molecular flexibility index (Phi) is 6.48. The van der Waals surface area contributed by atoms with E-state index in [4.69, 9.17) is 18.0 Å². The summed E-state index contributed by atoms with van der Waals surface area (Å²) in [7, 11) is 1.75. The summed E-state index contributed by atoms with van der Waals surface area (Å²) in [5, 5.41) is 11.3. The first kappa shape index (κ1) is 17.3. The smallest absolute Gasteiger partial charge is 0.241 e. The number of rotatable bonds is 7. The first-order valence-corrected chi connectivity index (χ1v) is 7.52. The van der Waals surface area contributed by atoms with Gasteiger partial charge in [-0.25, -0.2) is 0 Å². The highest BCUT2D eigenvalue weighted by Crippen LogP contribution is 2.20. The number of carbonyl (C=O) groups is 1. The van der Waals surface area contributed by atoms with Crippen LogP contribution in [0.1, 0.15) is 37.6 Å². The highest BCUT2D eigenvalue weighted by atomic mass is 32.1. The summed E-state index contributed by atoms with van der Waals surface area (Å²) in [6, 6.07) is 0. The maximum atomic E-state index is 11.9. The van der Waals surface area contributed by atoms with Crippen molar-refractivity contribution >= 4 is 28.9 Å². The van der Waals surface area contributed by atoms with E-state index in [1.807, 2.05) is 20.8 Å². The molecule has 6 nitrogen and oxygen atoms in total. The van der Waals surface area contributed by atoms with Crippen LogP contribution in [-0.2, 0) is 17.6 Å². The van der Waals surface area contributed by atoms with Crippen LogP contribution in [0.5, 0.6) is 0 Å². The van der Waals surface area contributed by atoms with E-state index in [1.54, 1.807) is 11.9 Å². The summed E-state index contributed by atoms with van der Waals surface area (Å²) in [6.07, 6.45) is 1.53. The Hall–Kier alpha value is -1.76. The van der Waals surface area contributed by atoms with Gasteiger partial charge in [0.15, 0.2) is 5.82 Å². The minimum absolute atomic E-state index is 0.0224. The molecule has 0 aliphatic carbocycles. The van der Waals surface area contributed by atoms with Crippen molar-refractivity contribution in [3.63, 3.8) is 0 Å². The molecule has 0 saturated heterocycles. The summed E-state index contributed by atoms with van der Waals surface area (Å²) < 4.78 is 0. The molecule has 0 aromatic carbocycles. The van der Waals surface area contributed by atoms with Crippen molar-refractivity contribution < 1.29 is 4.79 Å². The lowest BCUT2D eigenvalue weighted by Crippen LogP contribution is -2.32. The fourth-order valence-electron chi connectivity index (χ4n) is 2.03. The van der Waals surface area contributed by atoms with Gasteiger partial charge in [0.2, 0.25) is 5.91 Å². The second-order valence-electron chi connectivity index (χ2n) is 4.68. The molecule has 3 N–H and O–H groups in total. The third kappa shape index (κ3) is 4.10. The molecular formula is C14H23N5OS. The Morgan fingerprint density at radius 2 is 1.95 bits per heavy atom. The Morgan fingerprint density at radius 1 is 1.29 bits per heavy atom. The van der Waals surface area contributed by atoms with Gasteiger partial charge in [-0.05, 0) is 25.3 Å². The Bertz CT molecular complexity index is 532. The lowest BCUT2D eigenvalue weighted by molar-refractivity contribution is -0.127. The standard InChI is InChI=1S/C14H23N5OS/c1-5-9-10(6-2)17-18-14(12(9)13(15)21)16-8-11(20)19(4)7-3/h5-8H2,1-4H3,(H2,15,21)(H,16,18). The molecule has 0 bridgehead atoms. The molecule has 1 heterocycles. The number of carbonyl (C=O) groups excluding carboxylic acids is 1. The van der Waals surface area contributed by atoms with Crippen LogP contribution in [0.25, 0.3) is 0 Å². The molecule has 1 aromatic rings. The van der Waals surface area contributed by atoms with Gasteiger partial charge in [-0.1, -0.05) is 26.1 Å². The van der Waals surface area contributed by atoms with Gasteiger partial charge in [-0.15, -0.1) is 5.10 Å². The number of hydrogen-bond acceptors (Lipinski definition) is 5. The average molecular weight is 309 g/mol. The topological polar surface area (TPSA) is 84.1 Å². The van der Waals surface area contributed by atoms with Crippen molar-refractivity contribution in [1.29, 1.82) is 0 Å². The van der Waals surface area contributed by atoms with Crippen molar-refractivity contribution in [2.45, 2.75) is 33.6 Å². The summed E-state index contributed by atoms with van der Waals surface area (Å²) >= 11 is 5.14. The summed E-state index contributed by atoms with van der Waals surface area (Å²) in [6.45, 7) is 6.76. The first-order chi connectivity index (χ1) is 9.96. The number of thiocarbonyl (C=S) groups is 1. The second kappa shape index (κ2) is 7.87. The molecule has 0 fully saturated rings. The van der Waals surface area contributed by atoms with Gasteiger partial charge in [0.25, 0.3) is 0 Å². The normalized spacial score (nSPS) is 10.3. The second-order valence-corrected chi connectivity index (χ2v) is 5.12. The predicted molar refractivity (Wildman–Crippen MR) is 88.5 cm³/mol. The van der Waals surface area contributed by atoms with E-state index in [-0.39, 0.29) is 17.4 Å². The van der Waals surface area contributed by atoms with E-state index in [1.165, 1.54) is 0 Å². The number of amides is 1. The number of nitrogens with one attached hydrogen (secondary N) is 1. The van der Waals surface area contributed by atoms with E-state index >= 15 is 0 Å². The minimum Gasteiger partial charge on any atom is -0.389 e. The molecule has 0 unspecified atom stereocenters. The van der Waals surface area contributed by atoms with Crippen LogP contribution in [0.15, 0.2) is 0 Å². The van der Waals surface area contributed by atoms with Crippen LogP contribution in [-0.4, -0.2) is 46.1 Å². The van der Waals surface area contributed by atoms with Gasteiger partial charge >= 0.3 is 0 Å². The van der Waals surface area contributed by atoms with Gasteiger partial charge in [-0.3, -0.25) is 4.79 Å². The number of likely N-dealkylation sites (N-methyl/N-ethyl adjacent to an activating group) is 1. The van der Waals surface area contributed by atoms with Crippen molar-refractivity contribution in [3.05, 3.63) is 16.8 Å². The van der Waals surface area contributed by atoms with Crippen LogP contribution < -0.4 is 11.1 Å². The van der Waals surface area contributed by atoms with E-state index in [2.05, 4.69) is 15.5 Å². The fourth-order valence-corrected chi connectivity index (χ4v) is 2.25. The number of anilines is 1. The third-order valence-electron chi connectivity index (χ3n) is 3.40. The molecule has 1 rings (SSSR count). The van der Waals surface area contributed by atoms with Gasteiger partial charge in [0, 0.05) is 13.6 Å². The van der Waals surface area contributed by atoms with Crippen molar-refractivity contribution in [1.82, 2.24) is 15.1 Å². The van der Waals surface area contributed by atoms with Gasteiger partial charge in [0.1, 0.15) is 4.99 Å². The molecule has 0 atom stereocenters. The van der Waals surface area contributed by atoms with E-state index < -0.39 is 0 Å². The molecule has 0 spiro atoms. The SMILES string of the molecule is CCc1nnc(NCC(=O)N(C)CC)c(C(N)=S)c1CC. The molecule has 7 heteroatoms. The number of nitrogens with zero attached hydrogens (tertiary/aromatic N) is 3. The highest BCUT2D eigenvalue weighted by Gasteiger charge is 2.17. The van der Waals surface area contributed by atoms with Crippen LogP contribution in [0.2, 0.25) is 0 Å². The van der Waals surface area contributed by atoms with E-state index in [0.29, 0.717) is 17.9 Å². The first-order valence-electron chi connectivity index (χ1n) is 7.12. The molecule has 21 heavy (non-hydrogen) atoms. The lowest BCUT2D eigenvalue weighted by atomic mass is 10.0. The summed E-state index contributed by atoms with van der Waals surface area (Å²) in [5.74, 6) is 0.459. The maximum Gasteiger partial charge on any atom is 0.241 e. The number of hydrogen-bond donors (Lipinski definition) is 2. The van der Waals surface area contributed by atoms with Gasteiger partial charge in [-0.2, -0.15) is 5.10 Å². The third-order valence-corrected chi connectivity index (χ3v) is 3.60. The van der Waals surface area contributed by atoms with Crippen LogP contribution in [0.4, 0.5) is 5.82 Å². The molecule has 0 saturated carbocycles. The van der Waals surface area contributed by atoms with Crippen LogP contribution >= 0.6 is 12.2 Å². The predicted octanol–water partition coefficient (Wildman–Crippen LogP) is 1.13. The molecule has 1 amide bonds. The monoisotopic (exact) mass is 309 g/mol. The Labute approximate surface area is 131 Å². The minimum atomic E-state index is -0.0224. The van der Waals surface area contributed by atoms with Gasteiger partial charge < -0.3 is 16.0 Å². The molecule has 116 valence electrons. The van der Waals surface area contributed by atoms with E-state index in [9.17, 15) is 4.79 Å². The zero-order valence-corrected chi connectivity index (χ0v) is 13.9. The van der Waals surface area contributed by atoms with Crippen molar-refractivity contribution in [2.75, 3.05) is 25.5 Å². The maximum absolute atomic E-state index is 11.9. The quantitative estimate of drug-likeness (QED) is 0.735. The summed E-state index contributed by atoms with van der Waals surface area (Å²) in [4.78, 5) is 13.8. The van der Waals surface area contributed by atoms with Crippen LogP contribution in [0.3, 0.4) is 0 Å². The molecule has 1 aromatic heterocycles. The number of aryl methyl sites for hydroxylation is 1. The molecule has 0 aliphatic heterocycles. The molecular weight excluding hydrogens is 286 g/mol. The average Bonchev–Trinajstić information content (AvgIpc) is 2.50. The Balaban J connectivity index is 3.07. The summed E-state index contributed by atoms with van der Waals surface area (Å²) in [5.41, 5.74) is 8.43. The zero-order chi connectivity index (χ0) is 16.0. The Morgan fingerprint density at radius 3 is 2.43 bits per heavy atom. The van der Waals surface area contributed by atoms with Crippen molar-refractivity contribution in [2.24, 2.45) is 5.73 Å². The van der Waals surface area contributed by atoms with Crippen LogP contribution in [0, 0.1) is 0 Å². The zero-order valence-electron chi connectivity index (χ0n) is 13.1. The molecule has 0 aliphatic rings. The van der Waals surface area contributed by atoms with Gasteiger partial charge in [0.05, 0.1) is 17.8 Å². The molecule has 0 radical (unpaired) electrons. The fraction of sp³-hybridized carbons (Fsp3) is 0.571.